The highest BCUT2D eigenvalue weighted by atomic mass is 14.5. The molecule has 0 N–H and O–H groups in total. The Hall–Kier alpha value is 0. The number of rotatable bonds is 13. The van der Waals surface area contributed by atoms with Crippen molar-refractivity contribution in [2.45, 2.75) is 115 Å². The predicted molar refractivity (Wildman–Crippen MR) is 117 cm³/mol. The average Bonchev–Trinajstić information content (AvgIpc) is 2.59. The lowest BCUT2D eigenvalue weighted by molar-refractivity contribution is -0.0373. The Kier molecular flexibility index (Phi) is 11.7. The van der Waals surface area contributed by atoms with Gasteiger partial charge in [0.05, 0.1) is 0 Å². The summed E-state index contributed by atoms with van der Waals surface area (Å²) in [7, 11) is 0. The predicted octanol–water partition coefficient (Wildman–Crippen LogP) is 8.85. The van der Waals surface area contributed by atoms with Gasteiger partial charge in [0.2, 0.25) is 0 Å². The second-order valence-corrected chi connectivity index (χ2v) is 9.72. The molecule has 0 fully saturated rings. The van der Waals surface area contributed by atoms with Crippen LogP contribution in [0.25, 0.3) is 0 Å². The molecular formula is C25H52. The van der Waals surface area contributed by atoms with Crippen LogP contribution >= 0.6 is 0 Å². The first kappa shape index (κ1) is 25.0. The topological polar surface area (TPSA) is 0 Å². The van der Waals surface area contributed by atoms with Gasteiger partial charge in [0.25, 0.3) is 0 Å². The average molecular weight is 353 g/mol. The van der Waals surface area contributed by atoms with Crippen molar-refractivity contribution in [1.29, 1.82) is 0 Å². The maximum atomic E-state index is 2.65. The van der Waals surface area contributed by atoms with Crippen molar-refractivity contribution in [2.24, 2.45) is 46.8 Å². The first-order valence-electron chi connectivity index (χ1n) is 11.6. The normalized spacial score (nSPS) is 23.2. The van der Waals surface area contributed by atoms with Crippen LogP contribution in [0.2, 0.25) is 0 Å². The van der Waals surface area contributed by atoms with Crippen LogP contribution in [0.15, 0.2) is 0 Å². The molecule has 0 saturated carbocycles. The summed E-state index contributed by atoms with van der Waals surface area (Å²) in [6.07, 6.45) is 8.04. The molecular weight excluding hydrogens is 300 g/mol. The van der Waals surface area contributed by atoms with Gasteiger partial charge in [0.15, 0.2) is 0 Å². The fourth-order valence-electron chi connectivity index (χ4n) is 5.91. The van der Waals surface area contributed by atoms with Crippen molar-refractivity contribution in [3.05, 3.63) is 0 Å². The third-order valence-electron chi connectivity index (χ3n) is 8.66. The third kappa shape index (κ3) is 6.00. The van der Waals surface area contributed by atoms with E-state index in [1.54, 1.807) is 0 Å². The summed E-state index contributed by atoms with van der Waals surface area (Å²) >= 11 is 0. The fraction of sp³-hybridized carbons (Fsp3) is 1.00. The zero-order chi connectivity index (χ0) is 19.8. The number of hydrogen-bond acceptors (Lipinski definition) is 0. The molecule has 0 aromatic heterocycles. The molecule has 25 heavy (non-hydrogen) atoms. The lowest BCUT2D eigenvalue weighted by atomic mass is 9.53. The van der Waals surface area contributed by atoms with Gasteiger partial charge in [0.1, 0.15) is 0 Å². The van der Waals surface area contributed by atoms with Gasteiger partial charge < -0.3 is 0 Å². The van der Waals surface area contributed by atoms with E-state index < -0.39 is 0 Å². The van der Waals surface area contributed by atoms with Gasteiger partial charge in [-0.3, -0.25) is 0 Å². The summed E-state index contributed by atoms with van der Waals surface area (Å²) in [5, 5.41) is 0. The molecule has 0 aliphatic heterocycles. The minimum Gasteiger partial charge on any atom is -0.0654 e. The van der Waals surface area contributed by atoms with E-state index in [1.807, 2.05) is 0 Å². The highest BCUT2D eigenvalue weighted by molar-refractivity contribution is 4.94. The first-order chi connectivity index (χ1) is 11.6. The SMILES string of the molecule is CCCC(C)C(C)C(C)C(C)(C(C)CC)C(C)C(CC)C(C)CCC. The number of hydrogen-bond donors (Lipinski definition) is 0. The molecule has 0 aromatic rings. The Morgan fingerprint density at radius 3 is 1.52 bits per heavy atom. The molecule has 8 atom stereocenters. The molecule has 0 spiro atoms. The molecule has 152 valence electrons. The van der Waals surface area contributed by atoms with Gasteiger partial charge in [-0.25, -0.2) is 0 Å². The van der Waals surface area contributed by atoms with Crippen molar-refractivity contribution >= 4 is 0 Å². The Bertz CT molecular complexity index is 333. The molecule has 0 aliphatic rings. The molecule has 0 saturated heterocycles. The largest absolute Gasteiger partial charge is 0.0654 e. The van der Waals surface area contributed by atoms with Gasteiger partial charge in [-0.2, -0.15) is 0 Å². The van der Waals surface area contributed by atoms with E-state index in [-0.39, 0.29) is 0 Å². The first-order valence-corrected chi connectivity index (χ1v) is 11.6. The van der Waals surface area contributed by atoms with Crippen LogP contribution in [0, 0.1) is 46.8 Å². The van der Waals surface area contributed by atoms with Crippen LogP contribution in [0.4, 0.5) is 0 Å². The van der Waals surface area contributed by atoms with E-state index >= 15 is 0 Å². The van der Waals surface area contributed by atoms with Crippen molar-refractivity contribution in [2.75, 3.05) is 0 Å². The zero-order valence-corrected chi connectivity index (χ0v) is 19.8. The van der Waals surface area contributed by atoms with Gasteiger partial charge in [-0.05, 0) is 46.8 Å². The van der Waals surface area contributed by atoms with Crippen molar-refractivity contribution in [3.63, 3.8) is 0 Å². The second-order valence-electron chi connectivity index (χ2n) is 9.72. The minimum atomic E-state index is 0.429. The van der Waals surface area contributed by atoms with Gasteiger partial charge >= 0.3 is 0 Å². The Balaban J connectivity index is 5.69. The van der Waals surface area contributed by atoms with Crippen LogP contribution in [0.5, 0.6) is 0 Å². The van der Waals surface area contributed by atoms with E-state index in [0.29, 0.717) is 5.41 Å². The van der Waals surface area contributed by atoms with E-state index in [1.165, 1.54) is 38.5 Å². The lowest BCUT2D eigenvalue weighted by Crippen LogP contribution is -2.46. The third-order valence-corrected chi connectivity index (χ3v) is 8.66. The van der Waals surface area contributed by atoms with E-state index in [9.17, 15) is 0 Å². The summed E-state index contributed by atoms with van der Waals surface area (Å²) in [5.41, 5.74) is 0.429. The molecule has 0 bridgehead atoms. The van der Waals surface area contributed by atoms with Crippen LogP contribution in [-0.2, 0) is 0 Å². The monoisotopic (exact) mass is 352 g/mol. The van der Waals surface area contributed by atoms with Gasteiger partial charge in [-0.1, -0.05) is 115 Å². The van der Waals surface area contributed by atoms with Crippen LogP contribution in [0.3, 0.4) is 0 Å². The molecule has 0 nitrogen and oxygen atoms in total. The van der Waals surface area contributed by atoms with Crippen molar-refractivity contribution < 1.29 is 0 Å². The fourth-order valence-corrected chi connectivity index (χ4v) is 5.91. The van der Waals surface area contributed by atoms with Crippen LogP contribution < -0.4 is 0 Å². The minimum absolute atomic E-state index is 0.429. The highest BCUT2D eigenvalue weighted by Crippen LogP contribution is 2.53. The summed E-state index contributed by atoms with van der Waals surface area (Å²) < 4.78 is 0. The standard InChI is InChI=1S/C25H52/c1-12-16-18(5)21(8)22(9)25(11,20(7)14-3)23(10)24(15-4)19(6)17-13-2/h18-24H,12-17H2,1-11H3. The zero-order valence-electron chi connectivity index (χ0n) is 19.8. The van der Waals surface area contributed by atoms with Gasteiger partial charge in [0, 0.05) is 0 Å². The molecule has 0 aliphatic carbocycles. The summed E-state index contributed by atoms with van der Waals surface area (Å²) in [6.45, 7) is 27.4. The highest BCUT2D eigenvalue weighted by Gasteiger charge is 2.46. The molecule has 0 aromatic carbocycles. The van der Waals surface area contributed by atoms with Crippen LogP contribution in [0.1, 0.15) is 115 Å². The van der Waals surface area contributed by atoms with E-state index in [2.05, 4.69) is 76.2 Å². The smallest absolute Gasteiger partial charge is 0.0244 e. The van der Waals surface area contributed by atoms with E-state index in [4.69, 9.17) is 0 Å². The molecule has 0 heterocycles. The Morgan fingerprint density at radius 1 is 0.640 bits per heavy atom. The van der Waals surface area contributed by atoms with Crippen LogP contribution in [-0.4, -0.2) is 0 Å². The van der Waals surface area contributed by atoms with Gasteiger partial charge in [-0.15, -0.1) is 0 Å². The molecule has 0 rings (SSSR count). The lowest BCUT2D eigenvalue weighted by Gasteiger charge is -2.52. The summed E-state index contributed by atoms with van der Waals surface area (Å²) in [6, 6.07) is 0. The van der Waals surface area contributed by atoms with Crippen molar-refractivity contribution in [3.8, 4) is 0 Å². The molecule has 0 amide bonds. The molecule has 8 unspecified atom stereocenters. The second kappa shape index (κ2) is 11.7. The summed E-state index contributed by atoms with van der Waals surface area (Å²) in [4.78, 5) is 0. The molecule has 0 heteroatoms. The van der Waals surface area contributed by atoms with Crippen molar-refractivity contribution in [1.82, 2.24) is 0 Å². The van der Waals surface area contributed by atoms with E-state index in [0.717, 1.165) is 41.4 Å². The maximum absolute atomic E-state index is 2.65. The quantitative estimate of drug-likeness (QED) is 0.310. The Labute approximate surface area is 161 Å². The Morgan fingerprint density at radius 2 is 1.12 bits per heavy atom. The summed E-state index contributed by atoms with van der Waals surface area (Å²) in [5.74, 6) is 5.71. The maximum Gasteiger partial charge on any atom is -0.0244 e. The molecule has 0 radical (unpaired) electrons.